The summed E-state index contributed by atoms with van der Waals surface area (Å²) in [6, 6.07) is 8.59. The van der Waals surface area contributed by atoms with Crippen molar-refractivity contribution in [1.29, 1.82) is 0 Å². The zero-order valence-electron chi connectivity index (χ0n) is 13.2. The van der Waals surface area contributed by atoms with Gasteiger partial charge in [0.05, 0.1) is 0 Å². The summed E-state index contributed by atoms with van der Waals surface area (Å²) in [5, 5.41) is 0. The lowest BCUT2D eigenvalue weighted by molar-refractivity contribution is -0.119. The average molecular weight is 272 g/mol. The van der Waals surface area contributed by atoms with E-state index >= 15 is 0 Å². The zero-order chi connectivity index (χ0) is 14.6. The van der Waals surface area contributed by atoms with Crippen molar-refractivity contribution >= 4 is 5.78 Å². The maximum absolute atomic E-state index is 12.2. The number of benzene rings is 1. The molecule has 0 unspecified atom stereocenters. The van der Waals surface area contributed by atoms with Crippen molar-refractivity contribution in [1.82, 2.24) is 0 Å². The predicted molar refractivity (Wildman–Crippen MR) is 85.0 cm³/mol. The monoisotopic (exact) mass is 272 g/mol. The Morgan fingerprint density at radius 2 is 1.65 bits per heavy atom. The summed E-state index contributed by atoms with van der Waals surface area (Å²) in [4.78, 5) is 12.2. The summed E-state index contributed by atoms with van der Waals surface area (Å²) in [5.41, 5.74) is 2.68. The lowest BCUT2D eigenvalue weighted by Crippen LogP contribution is -2.14. The SMILES string of the molecule is CC(C)(C)c1ccc(CC(=O)CC2CCCCC2)cc1. The molecule has 0 aromatic heterocycles. The molecule has 0 radical (unpaired) electrons. The second kappa shape index (κ2) is 6.56. The maximum Gasteiger partial charge on any atom is 0.137 e. The molecule has 1 aromatic rings. The van der Waals surface area contributed by atoms with Gasteiger partial charge in [-0.15, -0.1) is 0 Å². The first-order valence-electron chi connectivity index (χ1n) is 8.06. The Morgan fingerprint density at radius 1 is 1.05 bits per heavy atom. The van der Waals surface area contributed by atoms with Crippen LogP contribution in [0.1, 0.15) is 70.4 Å². The molecule has 110 valence electrons. The van der Waals surface area contributed by atoms with Crippen molar-refractivity contribution < 1.29 is 4.79 Å². The second-order valence-electron chi connectivity index (χ2n) is 7.37. The van der Waals surface area contributed by atoms with Crippen LogP contribution < -0.4 is 0 Å². The van der Waals surface area contributed by atoms with Gasteiger partial charge in [-0.05, 0) is 22.5 Å². The van der Waals surface area contributed by atoms with Gasteiger partial charge in [0.25, 0.3) is 0 Å². The van der Waals surface area contributed by atoms with Gasteiger partial charge >= 0.3 is 0 Å². The van der Waals surface area contributed by atoms with Crippen molar-refractivity contribution in [2.75, 3.05) is 0 Å². The summed E-state index contributed by atoms with van der Waals surface area (Å²) >= 11 is 0. The van der Waals surface area contributed by atoms with E-state index < -0.39 is 0 Å². The van der Waals surface area contributed by atoms with Crippen LogP contribution >= 0.6 is 0 Å². The highest BCUT2D eigenvalue weighted by Gasteiger charge is 2.17. The number of Topliss-reactive ketones (excluding diaryl/α,β-unsaturated/α-hetero) is 1. The molecule has 0 saturated heterocycles. The molecule has 0 aliphatic heterocycles. The molecular formula is C19H28O. The third-order valence-electron chi connectivity index (χ3n) is 4.46. The first kappa shape index (κ1) is 15.3. The van der Waals surface area contributed by atoms with Gasteiger partial charge in [0, 0.05) is 12.8 Å². The molecule has 1 aromatic carbocycles. The van der Waals surface area contributed by atoms with E-state index in [0.717, 1.165) is 6.42 Å². The van der Waals surface area contributed by atoms with Gasteiger partial charge in [0.2, 0.25) is 0 Å². The quantitative estimate of drug-likeness (QED) is 0.748. The molecule has 0 N–H and O–H groups in total. The van der Waals surface area contributed by atoms with Gasteiger partial charge in [-0.2, -0.15) is 0 Å². The number of carbonyl (C=O) groups is 1. The molecule has 0 atom stereocenters. The summed E-state index contributed by atoms with van der Waals surface area (Å²) < 4.78 is 0. The van der Waals surface area contributed by atoms with E-state index in [1.165, 1.54) is 43.2 Å². The van der Waals surface area contributed by atoms with E-state index in [4.69, 9.17) is 0 Å². The van der Waals surface area contributed by atoms with Crippen LogP contribution in [0.15, 0.2) is 24.3 Å². The standard InChI is InChI=1S/C19H28O/c1-19(2,3)17-11-9-16(10-12-17)14-18(20)13-15-7-5-4-6-8-15/h9-12,15H,4-8,13-14H2,1-3H3. The molecule has 0 spiro atoms. The highest BCUT2D eigenvalue weighted by molar-refractivity contribution is 5.81. The van der Waals surface area contributed by atoms with Gasteiger partial charge in [-0.3, -0.25) is 4.79 Å². The van der Waals surface area contributed by atoms with Crippen LogP contribution in [0, 0.1) is 5.92 Å². The number of carbonyl (C=O) groups excluding carboxylic acids is 1. The lowest BCUT2D eigenvalue weighted by Gasteiger charge is -2.21. The van der Waals surface area contributed by atoms with E-state index in [1.807, 2.05) is 0 Å². The molecule has 1 saturated carbocycles. The van der Waals surface area contributed by atoms with Crippen LogP contribution in [0.4, 0.5) is 0 Å². The molecule has 1 heteroatoms. The van der Waals surface area contributed by atoms with E-state index in [0.29, 0.717) is 18.1 Å². The molecule has 1 aliphatic carbocycles. The Kier molecular flexibility index (Phi) is 5.01. The van der Waals surface area contributed by atoms with Gasteiger partial charge in [0.15, 0.2) is 0 Å². The van der Waals surface area contributed by atoms with Crippen LogP contribution in [-0.4, -0.2) is 5.78 Å². The van der Waals surface area contributed by atoms with Crippen molar-refractivity contribution in [2.24, 2.45) is 5.92 Å². The second-order valence-corrected chi connectivity index (χ2v) is 7.37. The van der Waals surface area contributed by atoms with Gasteiger partial charge in [-0.25, -0.2) is 0 Å². The molecule has 0 heterocycles. The number of hydrogen-bond donors (Lipinski definition) is 0. The van der Waals surface area contributed by atoms with Crippen molar-refractivity contribution in [3.63, 3.8) is 0 Å². The van der Waals surface area contributed by atoms with Crippen LogP contribution in [0.3, 0.4) is 0 Å². The maximum atomic E-state index is 12.2. The van der Waals surface area contributed by atoms with Crippen molar-refractivity contribution in [3.8, 4) is 0 Å². The minimum Gasteiger partial charge on any atom is -0.299 e. The van der Waals surface area contributed by atoms with E-state index in [9.17, 15) is 4.79 Å². The van der Waals surface area contributed by atoms with Crippen molar-refractivity contribution in [3.05, 3.63) is 35.4 Å². The fraction of sp³-hybridized carbons (Fsp3) is 0.632. The van der Waals surface area contributed by atoms with Gasteiger partial charge < -0.3 is 0 Å². The summed E-state index contributed by atoms with van der Waals surface area (Å²) in [6.07, 6.45) is 7.92. The zero-order valence-corrected chi connectivity index (χ0v) is 13.2. The van der Waals surface area contributed by atoms with E-state index in [1.54, 1.807) is 0 Å². The highest BCUT2D eigenvalue weighted by atomic mass is 16.1. The first-order valence-corrected chi connectivity index (χ1v) is 8.06. The summed E-state index contributed by atoms with van der Waals surface area (Å²) in [5.74, 6) is 1.07. The van der Waals surface area contributed by atoms with Crippen LogP contribution in [0.2, 0.25) is 0 Å². The largest absolute Gasteiger partial charge is 0.299 e. The van der Waals surface area contributed by atoms with Gasteiger partial charge in [0.1, 0.15) is 5.78 Å². The molecule has 20 heavy (non-hydrogen) atoms. The van der Waals surface area contributed by atoms with Crippen LogP contribution in [0.5, 0.6) is 0 Å². The lowest BCUT2D eigenvalue weighted by atomic mass is 9.84. The number of rotatable bonds is 4. The minimum absolute atomic E-state index is 0.185. The highest BCUT2D eigenvalue weighted by Crippen LogP contribution is 2.27. The molecule has 1 aliphatic rings. The van der Waals surface area contributed by atoms with Gasteiger partial charge in [-0.1, -0.05) is 77.1 Å². The van der Waals surface area contributed by atoms with Crippen LogP contribution in [-0.2, 0) is 16.6 Å². The normalized spacial score (nSPS) is 17.1. The predicted octanol–water partition coefficient (Wildman–Crippen LogP) is 5.07. The molecule has 0 amide bonds. The Bertz CT molecular complexity index is 430. The fourth-order valence-corrected chi connectivity index (χ4v) is 3.14. The molecular weight excluding hydrogens is 244 g/mol. The third kappa shape index (κ3) is 4.47. The third-order valence-corrected chi connectivity index (χ3v) is 4.46. The van der Waals surface area contributed by atoms with E-state index in [2.05, 4.69) is 45.0 Å². The summed E-state index contributed by atoms with van der Waals surface area (Å²) in [6.45, 7) is 6.66. The van der Waals surface area contributed by atoms with E-state index in [-0.39, 0.29) is 5.41 Å². The minimum atomic E-state index is 0.185. The fourth-order valence-electron chi connectivity index (χ4n) is 3.14. The topological polar surface area (TPSA) is 17.1 Å². The Balaban J connectivity index is 1.87. The number of ketones is 1. The Labute approximate surface area is 123 Å². The Hall–Kier alpha value is -1.11. The van der Waals surface area contributed by atoms with Crippen LogP contribution in [0.25, 0.3) is 0 Å². The molecule has 2 rings (SSSR count). The Morgan fingerprint density at radius 3 is 2.20 bits per heavy atom. The average Bonchev–Trinajstić information content (AvgIpc) is 2.39. The molecule has 0 bridgehead atoms. The molecule has 1 nitrogen and oxygen atoms in total. The van der Waals surface area contributed by atoms with Crippen molar-refractivity contribution in [2.45, 2.75) is 71.1 Å². The smallest absolute Gasteiger partial charge is 0.137 e. The summed E-state index contributed by atoms with van der Waals surface area (Å²) in [7, 11) is 0. The first-order chi connectivity index (χ1) is 9.45. The number of hydrogen-bond acceptors (Lipinski definition) is 1. The molecule has 1 fully saturated rings.